The maximum absolute atomic E-state index is 10.4. The average Bonchev–Trinajstić information content (AvgIpc) is 3.20. The average molecular weight is 402 g/mol. The molecule has 0 amide bonds. The summed E-state index contributed by atoms with van der Waals surface area (Å²) in [5.41, 5.74) is 9.64. The molecular weight excluding hydrogens is 358 g/mol. The van der Waals surface area contributed by atoms with Crippen molar-refractivity contribution in [3.05, 3.63) is 17.5 Å². The van der Waals surface area contributed by atoms with E-state index in [0.29, 0.717) is 17.3 Å². The zero-order valence-corrected chi connectivity index (χ0v) is 19.5. The van der Waals surface area contributed by atoms with Crippen molar-refractivity contribution in [2.45, 2.75) is 85.6 Å². The lowest BCUT2D eigenvalue weighted by Crippen LogP contribution is -2.53. The molecule has 29 heavy (non-hydrogen) atoms. The minimum Gasteiger partial charge on any atom is -0.396 e. The standard InChI is InChI=1S/C25H43N3O/c1-16-7-8-20-19(13-26)21(9-10-24(16,20)5)25(6)12-17-14-28(23(2,3)4)27-22(17)11-18(25)15-29/h14,16,18-21,29H,7-13,15,26H2,1-6H3/t16-,18+,19-,20-,21-,24+,25-/m0/s1. The number of aromatic nitrogens is 2. The summed E-state index contributed by atoms with van der Waals surface area (Å²) in [5, 5.41) is 15.3. The summed E-state index contributed by atoms with van der Waals surface area (Å²) >= 11 is 0. The van der Waals surface area contributed by atoms with Crippen LogP contribution in [0.1, 0.15) is 78.5 Å². The molecule has 4 nitrogen and oxygen atoms in total. The van der Waals surface area contributed by atoms with Crippen LogP contribution in [0.5, 0.6) is 0 Å². The van der Waals surface area contributed by atoms with Gasteiger partial charge in [0.25, 0.3) is 0 Å². The highest BCUT2D eigenvalue weighted by Crippen LogP contribution is 2.63. The molecule has 1 aromatic rings. The van der Waals surface area contributed by atoms with Gasteiger partial charge in [0, 0.05) is 12.8 Å². The van der Waals surface area contributed by atoms with Crippen LogP contribution in [0, 0.1) is 40.4 Å². The van der Waals surface area contributed by atoms with Gasteiger partial charge in [0.1, 0.15) is 0 Å². The third-order valence-electron chi connectivity index (χ3n) is 9.76. The van der Waals surface area contributed by atoms with E-state index in [2.05, 4.69) is 52.4 Å². The van der Waals surface area contributed by atoms with E-state index in [4.69, 9.17) is 10.8 Å². The van der Waals surface area contributed by atoms with E-state index < -0.39 is 0 Å². The molecule has 3 N–H and O–H groups in total. The highest BCUT2D eigenvalue weighted by Gasteiger charge is 2.57. The molecule has 3 aliphatic carbocycles. The molecule has 0 spiro atoms. The van der Waals surface area contributed by atoms with Gasteiger partial charge in [-0.25, -0.2) is 0 Å². The monoisotopic (exact) mass is 401 g/mol. The zero-order chi connectivity index (χ0) is 21.2. The van der Waals surface area contributed by atoms with E-state index >= 15 is 0 Å². The predicted molar refractivity (Wildman–Crippen MR) is 119 cm³/mol. The Morgan fingerprint density at radius 3 is 2.48 bits per heavy atom. The second kappa shape index (κ2) is 7.09. The maximum atomic E-state index is 10.4. The van der Waals surface area contributed by atoms with Crippen molar-refractivity contribution in [2.24, 2.45) is 46.2 Å². The molecule has 3 aliphatic rings. The lowest BCUT2D eigenvalue weighted by molar-refractivity contribution is -0.0689. The molecule has 7 atom stereocenters. The lowest BCUT2D eigenvalue weighted by Gasteiger charge is -2.56. The van der Waals surface area contributed by atoms with Gasteiger partial charge in [0.2, 0.25) is 0 Å². The Morgan fingerprint density at radius 2 is 1.86 bits per heavy atom. The molecule has 0 radical (unpaired) electrons. The normalized spacial score (nSPS) is 42.6. The third kappa shape index (κ3) is 3.20. The van der Waals surface area contributed by atoms with Crippen molar-refractivity contribution in [3.8, 4) is 0 Å². The van der Waals surface area contributed by atoms with Crippen molar-refractivity contribution in [2.75, 3.05) is 13.2 Å². The van der Waals surface area contributed by atoms with Crippen molar-refractivity contribution in [1.29, 1.82) is 0 Å². The summed E-state index contributed by atoms with van der Waals surface area (Å²) in [6, 6.07) is 0. The van der Waals surface area contributed by atoms with Crippen LogP contribution in [-0.2, 0) is 18.4 Å². The molecule has 0 bridgehead atoms. The predicted octanol–water partition coefficient (Wildman–Crippen LogP) is 4.39. The van der Waals surface area contributed by atoms with E-state index in [1.165, 1.54) is 36.9 Å². The Bertz CT molecular complexity index is 750. The van der Waals surface area contributed by atoms with Crippen LogP contribution in [-0.4, -0.2) is 28.0 Å². The molecule has 0 saturated heterocycles. The number of nitrogens with zero attached hydrogens (tertiary/aromatic N) is 2. The van der Waals surface area contributed by atoms with Gasteiger partial charge < -0.3 is 10.8 Å². The van der Waals surface area contributed by atoms with Crippen LogP contribution in [0.2, 0.25) is 0 Å². The maximum Gasteiger partial charge on any atom is 0.0660 e. The Labute approximate surface area is 177 Å². The largest absolute Gasteiger partial charge is 0.396 e. The molecule has 4 heteroatoms. The summed E-state index contributed by atoms with van der Waals surface area (Å²) in [5.74, 6) is 3.01. The first-order chi connectivity index (χ1) is 13.5. The van der Waals surface area contributed by atoms with Gasteiger partial charge in [0.05, 0.1) is 11.2 Å². The first-order valence-electron chi connectivity index (χ1n) is 11.9. The van der Waals surface area contributed by atoms with E-state index in [1.807, 2.05) is 0 Å². The Hall–Kier alpha value is -0.870. The van der Waals surface area contributed by atoms with E-state index in [-0.39, 0.29) is 23.5 Å². The van der Waals surface area contributed by atoms with Gasteiger partial charge in [-0.2, -0.15) is 5.10 Å². The van der Waals surface area contributed by atoms with Crippen LogP contribution in [0.25, 0.3) is 0 Å². The van der Waals surface area contributed by atoms with E-state index in [1.54, 1.807) is 0 Å². The molecule has 4 rings (SSSR count). The quantitative estimate of drug-likeness (QED) is 0.789. The number of aliphatic hydroxyl groups excluding tert-OH is 1. The lowest BCUT2D eigenvalue weighted by atomic mass is 9.49. The van der Waals surface area contributed by atoms with Crippen molar-refractivity contribution < 1.29 is 5.11 Å². The summed E-state index contributed by atoms with van der Waals surface area (Å²) in [7, 11) is 0. The van der Waals surface area contributed by atoms with Gasteiger partial charge in [-0.15, -0.1) is 0 Å². The fourth-order valence-electron chi connectivity index (χ4n) is 7.53. The van der Waals surface area contributed by atoms with Gasteiger partial charge in [-0.3, -0.25) is 4.68 Å². The highest BCUT2D eigenvalue weighted by atomic mass is 16.3. The first-order valence-corrected chi connectivity index (χ1v) is 11.9. The molecule has 0 aliphatic heterocycles. The molecular formula is C25H43N3O. The van der Waals surface area contributed by atoms with Gasteiger partial charge in [0.15, 0.2) is 0 Å². The minimum atomic E-state index is -0.00508. The number of rotatable bonds is 3. The fraction of sp³-hybridized carbons (Fsp3) is 0.880. The number of hydrogen-bond donors (Lipinski definition) is 2. The van der Waals surface area contributed by atoms with Crippen molar-refractivity contribution in [1.82, 2.24) is 9.78 Å². The smallest absolute Gasteiger partial charge is 0.0660 e. The zero-order valence-electron chi connectivity index (χ0n) is 19.5. The number of fused-ring (bicyclic) bond motifs is 2. The molecule has 0 unspecified atom stereocenters. The molecule has 1 aromatic heterocycles. The second-order valence-electron chi connectivity index (χ2n) is 12.1. The SMILES string of the molecule is C[C@H]1CC[C@H]2[C@H](CN)[C@@H]([C@@]3(C)Cc4cn(C(C)(C)C)nc4C[C@@H]3CO)CC[C@]12C. The summed E-state index contributed by atoms with van der Waals surface area (Å²) < 4.78 is 2.13. The minimum absolute atomic E-state index is 0.00508. The number of aliphatic hydroxyl groups is 1. The molecule has 164 valence electrons. The number of nitrogens with two attached hydrogens (primary N) is 1. The summed E-state index contributed by atoms with van der Waals surface area (Å²) in [4.78, 5) is 0. The number of hydrogen-bond acceptors (Lipinski definition) is 3. The van der Waals surface area contributed by atoms with E-state index in [0.717, 1.165) is 31.2 Å². The molecule has 2 fully saturated rings. The van der Waals surface area contributed by atoms with E-state index in [9.17, 15) is 5.11 Å². The topological polar surface area (TPSA) is 64.1 Å². The van der Waals surface area contributed by atoms with Crippen LogP contribution in [0.4, 0.5) is 0 Å². The fourth-order valence-corrected chi connectivity index (χ4v) is 7.53. The van der Waals surface area contributed by atoms with Gasteiger partial charge in [-0.05, 0) is 112 Å². The van der Waals surface area contributed by atoms with Crippen molar-refractivity contribution >= 4 is 0 Å². The first kappa shape index (κ1) is 21.4. The second-order valence-corrected chi connectivity index (χ2v) is 12.1. The Kier molecular flexibility index (Phi) is 5.22. The molecule has 1 heterocycles. The van der Waals surface area contributed by atoms with Crippen molar-refractivity contribution in [3.63, 3.8) is 0 Å². The summed E-state index contributed by atoms with van der Waals surface area (Å²) in [6.07, 6.45) is 9.48. The van der Waals surface area contributed by atoms with Gasteiger partial charge in [-0.1, -0.05) is 20.8 Å². The van der Waals surface area contributed by atoms with Crippen LogP contribution in [0.3, 0.4) is 0 Å². The van der Waals surface area contributed by atoms with Crippen LogP contribution < -0.4 is 5.73 Å². The molecule has 0 aromatic carbocycles. The van der Waals surface area contributed by atoms with Crippen LogP contribution >= 0.6 is 0 Å². The third-order valence-corrected chi connectivity index (χ3v) is 9.76. The molecule has 2 saturated carbocycles. The van der Waals surface area contributed by atoms with Crippen LogP contribution in [0.15, 0.2) is 6.20 Å². The summed E-state index contributed by atoms with van der Waals surface area (Å²) in [6.45, 7) is 15.1. The van der Waals surface area contributed by atoms with Gasteiger partial charge >= 0.3 is 0 Å². The highest BCUT2D eigenvalue weighted by molar-refractivity contribution is 5.26. The Morgan fingerprint density at radius 1 is 1.17 bits per heavy atom. The Balaban J connectivity index is 1.68.